The molecule has 0 saturated heterocycles. The Morgan fingerprint density at radius 3 is 1.95 bits per heavy atom. The predicted molar refractivity (Wildman–Crippen MR) is 85.7 cm³/mol. The van der Waals surface area contributed by atoms with Gasteiger partial charge in [0.25, 0.3) is 5.91 Å². The molecule has 0 unspecified atom stereocenters. The molecule has 3 N–H and O–H groups in total. The molecule has 20 heavy (non-hydrogen) atoms. The van der Waals surface area contributed by atoms with Crippen molar-refractivity contribution in [3.63, 3.8) is 0 Å². The van der Waals surface area contributed by atoms with Crippen molar-refractivity contribution in [2.45, 2.75) is 34.6 Å². The normalized spacial score (nSPS) is 11.4. The Bertz CT molecular complexity index is 447. The first-order chi connectivity index (χ1) is 9.37. The summed E-state index contributed by atoms with van der Waals surface area (Å²) in [6, 6.07) is 3.79. The number of rotatable bonds is 6. The van der Waals surface area contributed by atoms with Crippen LogP contribution in [0.1, 0.15) is 31.9 Å². The van der Waals surface area contributed by atoms with Crippen molar-refractivity contribution in [1.29, 1.82) is 0 Å². The van der Waals surface area contributed by atoms with Crippen LogP contribution in [-0.2, 0) is 4.79 Å². The maximum Gasteiger partial charge on any atom is 0.279 e. The van der Waals surface area contributed by atoms with E-state index >= 15 is 0 Å². The number of quaternary nitrogens is 1. The zero-order valence-corrected chi connectivity index (χ0v) is 13.4. The van der Waals surface area contributed by atoms with Crippen LogP contribution in [0.15, 0.2) is 12.1 Å². The van der Waals surface area contributed by atoms with E-state index in [0.29, 0.717) is 6.54 Å². The molecule has 0 radical (unpaired) electrons. The Morgan fingerprint density at radius 1 is 1.10 bits per heavy atom. The van der Waals surface area contributed by atoms with Crippen LogP contribution in [0.25, 0.3) is 0 Å². The number of nitrogens with two attached hydrogens (primary N) is 1. The van der Waals surface area contributed by atoms with Crippen molar-refractivity contribution in [3.05, 3.63) is 23.3 Å². The maximum absolute atomic E-state index is 12.3. The van der Waals surface area contributed by atoms with E-state index in [0.717, 1.165) is 46.6 Å². The van der Waals surface area contributed by atoms with Crippen molar-refractivity contribution in [3.8, 4) is 0 Å². The number of nitrogen functional groups attached to an aromatic ring is 1. The highest BCUT2D eigenvalue weighted by Crippen LogP contribution is 2.23. The summed E-state index contributed by atoms with van der Waals surface area (Å²) in [5.74, 6) is 0.0755. The molecule has 0 spiro atoms. The lowest BCUT2D eigenvalue weighted by molar-refractivity contribution is -0.915. The SMILES string of the molecule is CC[N+](CC)(CC)CC(=O)Nc1c(C)cc(N)cc1C. The van der Waals surface area contributed by atoms with E-state index in [1.807, 2.05) is 26.0 Å². The van der Waals surface area contributed by atoms with Crippen LogP contribution in [0, 0.1) is 13.8 Å². The first-order valence-corrected chi connectivity index (χ1v) is 7.39. The summed E-state index contributed by atoms with van der Waals surface area (Å²) < 4.78 is 0.818. The maximum atomic E-state index is 12.3. The van der Waals surface area contributed by atoms with Gasteiger partial charge in [-0.25, -0.2) is 0 Å². The molecule has 0 atom stereocenters. The third kappa shape index (κ3) is 3.73. The minimum Gasteiger partial charge on any atom is -0.399 e. The van der Waals surface area contributed by atoms with Gasteiger partial charge < -0.3 is 15.5 Å². The van der Waals surface area contributed by atoms with Gasteiger partial charge >= 0.3 is 0 Å². The van der Waals surface area contributed by atoms with E-state index in [4.69, 9.17) is 5.73 Å². The van der Waals surface area contributed by atoms with Crippen molar-refractivity contribution in [2.24, 2.45) is 0 Å². The molecule has 4 heteroatoms. The van der Waals surface area contributed by atoms with Gasteiger partial charge in [0.1, 0.15) is 0 Å². The number of hydrogen-bond donors (Lipinski definition) is 2. The van der Waals surface area contributed by atoms with Crippen LogP contribution in [0.5, 0.6) is 0 Å². The predicted octanol–water partition coefficient (Wildman–Crippen LogP) is 2.70. The molecule has 0 bridgehead atoms. The summed E-state index contributed by atoms with van der Waals surface area (Å²) in [6.07, 6.45) is 0. The highest BCUT2D eigenvalue weighted by atomic mass is 16.2. The molecule has 4 nitrogen and oxygen atoms in total. The van der Waals surface area contributed by atoms with Crippen LogP contribution in [-0.4, -0.2) is 36.6 Å². The molecule has 1 aromatic rings. The van der Waals surface area contributed by atoms with Crippen LogP contribution >= 0.6 is 0 Å². The highest BCUT2D eigenvalue weighted by molar-refractivity contribution is 5.93. The second-order valence-corrected chi connectivity index (χ2v) is 5.53. The number of nitrogens with one attached hydrogen (secondary N) is 1. The molecule has 1 aromatic carbocycles. The van der Waals surface area contributed by atoms with E-state index in [1.165, 1.54) is 0 Å². The van der Waals surface area contributed by atoms with Crippen LogP contribution in [0.3, 0.4) is 0 Å². The van der Waals surface area contributed by atoms with Crippen LogP contribution in [0.4, 0.5) is 11.4 Å². The van der Waals surface area contributed by atoms with E-state index in [-0.39, 0.29) is 5.91 Å². The summed E-state index contributed by atoms with van der Waals surface area (Å²) in [6.45, 7) is 13.8. The van der Waals surface area contributed by atoms with Gasteiger partial charge in [0.2, 0.25) is 0 Å². The molecule has 0 aliphatic heterocycles. The lowest BCUT2D eigenvalue weighted by atomic mass is 10.1. The molecule has 0 fully saturated rings. The van der Waals surface area contributed by atoms with Crippen LogP contribution < -0.4 is 11.1 Å². The lowest BCUT2D eigenvalue weighted by Crippen LogP contribution is -2.52. The Balaban J connectivity index is 2.87. The van der Waals surface area contributed by atoms with Gasteiger partial charge in [-0.3, -0.25) is 4.79 Å². The molecule has 0 aromatic heterocycles. The summed E-state index contributed by atoms with van der Waals surface area (Å²) in [7, 11) is 0. The molecule has 1 amide bonds. The van der Waals surface area contributed by atoms with Crippen molar-refractivity contribution < 1.29 is 9.28 Å². The molecule has 0 saturated carbocycles. The van der Waals surface area contributed by atoms with Gasteiger partial charge in [0.15, 0.2) is 6.54 Å². The van der Waals surface area contributed by atoms with Gasteiger partial charge in [-0.15, -0.1) is 0 Å². The zero-order chi connectivity index (χ0) is 15.3. The largest absolute Gasteiger partial charge is 0.399 e. The smallest absolute Gasteiger partial charge is 0.279 e. The van der Waals surface area contributed by atoms with Gasteiger partial charge in [0, 0.05) is 11.4 Å². The number of aryl methyl sites for hydroxylation is 2. The fourth-order valence-corrected chi connectivity index (χ4v) is 2.68. The summed E-state index contributed by atoms with van der Waals surface area (Å²) in [5.41, 5.74) is 9.46. The third-order valence-electron chi connectivity index (χ3n) is 4.31. The molecular weight excluding hydrogens is 250 g/mol. The Kier molecular flexibility index (Phi) is 5.57. The van der Waals surface area contributed by atoms with E-state index in [9.17, 15) is 4.79 Å². The number of carbonyl (C=O) groups is 1. The number of anilines is 2. The molecule has 0 aliphatic carbocycles. The summed E-state index contributed by atoms with van der Waals surface area (Å²) in [4.78, 5) is 12.3. The minimum absolute atomic E-state index is 0.0755. The Labute approximate surface area is 122 Å². The molecule has 1 rings (SSSR count). The summed E-state index contributed by atoms with van der Waals surface area (Å²) >= 11 is 0. The van der Waals surface area contributed by atoms with E-state index in [2.05, 4.69) is 26.1 Å². The fraction of sp³-hybridized carbons (Fsp3) is 0.562. The number of benzene rings is 1. The van der Waals surface area contributed by atoms with Gasteiger partial charge in [-0.05, 0) is 57.9 Å². The molecular formula is C16H28N3O+. The highest BCUT2D eigenvalue weighted by Gasteiger charge is 2.25. The Morgan fingerprint density at radius 2 is 1.55 bits per heavy atom. The molecule has 0 heterocycles. The Hall–Kier alpha value is -1.55. The number of likely N-dealkylation sites (N-methyl/N-ethyl adjacent to an activating group) is 1. The number of carbonyl (C=O) groups excluding carboxylic acids is 1. The topological polar surface area (TPSA) is 55.1 Å². The number of amides is 1. The van der Waals surface area contributed by atoms with Crippen LogP contribution in [0.2, 0.25) is 0 Å². The summed E-state index contributed by atoms with van der Waals surface area (Å²) in [5, 5.41) is 3.05. The molecule has 0 aliphatic rings. The standard InChI is InChI=1S/C16H27N3O/c1-6-19(7-2,8-3)11-15(20)18-16-12(4)9-14(17)10-13(16)5/h9-10H,6-8,11,17H2,1-5H3/p+1. The third-order valence-corrected chi connectivity index (χ3v) is 4.31. The quantitative estimate of drug-likeness (QED) is 0.621. The number of hydrogen-bond acceptors (Lipinski definition) is 2. The zero-order valence-electron chi connectivity index (χ0n) is 13.4. The van der Waals surface area contributed by atoms with Gasteiger partial charge in [-0.1, -0.05) is 0 Å². The first-order valence-electron chi connectivity index (χ1n) is 7.39. The fourth-order valence-electron chi connectivity index (χ4n) is 2.68. The first kappa shape index (κ1) is 16.5. The second-order valence-electron chi connectivity index (χ2n) is 5.53. The van der Waals surface area contributed by atoms with Gasteiger partial charge in [0.05, 0.1) is 19.6 Å². The minimum atomic E-state index is 0.0755. The monoisotopic (exact) mass is 278 g/mol. The second kappa shape index (κ2) is 6.75. The molecule has 112 valence electrons. The van der Waals surface area contributed by atoms with Crippen molar-refractivity contribution >= 4 is 17.3 Å². The van der Waals surface area contributed by atoms with Crippen molar-refractivity contribution in [2.75, 3.05) is 37.2 Å². The van der Waals surface area contributed by atoms with E-state index in [1.54, 1.807) is 0 Å². The average molecular weight is 278 g/mol. The van der Waals surface area contributed by atoms with Crippen molar-refractivity contribution in [1.82, 2.24) is 0 Å². The van der Waals surface area contributed by atoms with Gasteiger partial charge in [-0.2, -0.15) is 0 Å². The van der Waals surface area contributed by atoms with E-state index < -0.39 is 0 Å². The average Bonchev–Trinajstić information content (AvgIpc) is 2.40. The lowest BCUT2D eigenvalue weighted by Gasteiger charge is -2.35. The number of nitrogens with zero attached hydrogens (tertiary/aromatic N) is 1.